The molecule has 242 valence electrons. The summed E-state index contributed by atoms with van der Waals surface area (Å²) in [6.45, 7) is 0. The number of benzene rings is 9. The zero-order valence-electron chi connectivity index (χ0n) is 27.6. The lowest BCUT2D eigenvalue weighted by Gasteiger charge is -2.26. The lowest BCUT2D eigenvalue weighted by Crippen LogP contribution is -2.09. The number of hydrogen-bond donors (Lipinski definition) is 0. The minimum atomic E-state index is 0.586. The molecule has 9 aromatic carbocycles. The normalized spacial score (nSPS) is 12.2. The maximum atomic E-state index is 6.60. The fraction of sp³-hybridized carbons (Fsp3) is 0. The second-order valence-electron chi connectivity index (χ2n) is 13.5. The number of oxazole rings is 1. The lowest BCUT2D eigenvalue weighted by molar-refractivity contribution is 0.623. The van der Waals surface area contributed by atoms with Gasteiger partial charge in [-0.3, -0.25) is 0 Å². The van der Waals surface area contributed by atoms with Gasteiger partial charge >= 0.3 is 0 Å². The van der Waals surface area contributed by atoms with Crippen LogP contribution in [0.3, 0.4) is 0 Å². The van der Waals surface area contributed by atoms with Crippen molar-refractivity contribution in [3.8, 4) is 11.5 Å². The molecule has 12 aromatic rings. The summed E-state index contributed by atoms with van der Waals surface area (Å²) in [6, 6.07) is 55.1. The fourth-order valence-electron chi connectivity index (χ4n) is 8.25. The van der Waals surface area contributed by atoms with Gasteiger partial charge in [0.1, 0.15) is 27.8 Å². The summed E-state index contributed by atoms with van der Waals surface area (Å²) in [5.41, 5.74) is 9.11. The molecule has 0 aliphatic rings. The topological polar surface area (TPSA) is 55.6 Å². The highest BCUT2D eigenvalue weighted by Crippen LogP contribution is 2.44. The van der Waals surface area contributed by atoms with E-state index in [1.807, 2.05) is 36.4 Å². The van der Waals surface area contributed by atoms with Crippen molar-refractivity contribution < 1.29 is 13.3 Å². The van der Waals surface area contributed by atoms with Crippen molar-refractivity contribution in [3.63, 3.8) is 0 Å². The number of hydrogen-bond acceptors (Lipinski definition) is 5. The number of para-hydroxylation sites is 1. The molecule has 0 amide bonds. The molecule has 0 unspecified atom stereocenters. The van der Waals surface area contributed by atoms with E-state index in [4.69, 9.17) is 18.2 Å². The predicted octanol–water partition coefficient (Wildman–Crippen LogP) is 13.7. The molecule has 3 heterocycles. The van der Waals surface area contributed by atoms with Gasteiger partial charge in [0.05, 0.1) is 0 Å². The summed E-state index contributed by atoms with van der Waals surface area (Å²) in [6.07, 6.45) is 0. The van der Waals surface area contributed by atoms with E-state index in [0.29, 0.717) is 5.89 Å². The molecule has 0 spiro atoms. The van der Waals surface area contributed by atoms with Gasteiger partial charge in [0.15, 0.2) is 5.58 Å². The third kappa shape index (κ3) is 3.85. The minimum absolute atomic E-state index is 0.586. The molecule has 0 radical (unpaired) electrons. The van der Waals surface area contributed by atoms with Crippen molar-refractivity contribution in [3.05, 3.63) is 158 Å². The van der Waals surface area contributed by atoms with Crippen molar-refractivity contribution >= 4 is 104 Å². The monoisotopic (exact) mass is 666 g/mol. The maximum absolute atomic E-state index is 6.60. The van der Waals surface area contributed by atoms with Crippen LogP contribution >= 0.6 is 0 Å². The molecule has 12 rings (SSSR count). The van der Waals surface area contributed by atoms with Gasteiger partial charge in [-0.15, -0.1) is 0 Å². The molecule has 5 heteroatoms. The average Bonchev–Trinajstić information content (AvgIpc) is 3.92. The van der Waals surface area contributed by atoms with Gasteiger partial charge in [0.25, 0.3) is 0 Å². The Morgan fingerprint density at radius 3 is 1.88 bits per heavy atom. The number of nitrogens with zero attached hydrogens (tertiary/aromatic N) is 2. The van der Waals surface area contributed by atoms with Crippen molar-refractivity contribution in [1.29, 1.82) is 0 Å². The van der Waals surface area contributed by atoms with E-state index in [0.717, 1.165) is 88.4 Å². The molecule has 0 N–H and O–H groups in total. The molecule has 52 heavy (non-hydrogen) atoms. The molecular formula is C47H26N2O3. The largest absolute Gasteiger partial charge is 0.456 e. The first-order chi connectivity index (χ1) is 25.7. The smallest absolute Gasteiger partial charge is 0.227 e. The van der Waals surface area contributed by atoms with Crippen LogP contribution in [0.15, 0.2) is 171 Å². The first kappa shape index (κ1) is 27.7. The average molecular weight is 667 g/mol. The molecule has 0 fully saturated rings. The summed E-state index contributed by atoms with van der Waals surface area (Å²) in [7, 11) is 0. The van der Waals surface area contributed by atoms with Crippen LogP contribution in [0, 0.1) is 0 Å². The number of furan rings is 2. The Labute approximate surface area is 295 Å². The quantitative estimate of drug-likeness (QED) is 0.175. The van der Waals surface area contributed by atoms with E-state index >= 15 is 0 Å². The fourth-order valence-corrected chi connectivity index (χ4v) is 8.25. The highest BCUT2D eigenvalue weighted by atomic mass is 16.4. The van der Waals surface area contributed by atoms with Gasteiger partial charge in [0.2, 0.25) is 5.89 Å². The Bertz CT molecular complexity index is 3280. The van der Waals surface area contributed by atoms with E-state index < -0.39 is 0 Å². The van der Waals surface area contributed by atoms with E-state index in [1.165, 1.54) is 21.5 Å². The van der Waals surface area contributed by atoms with Gasteiger partial charge in [-0.1, -0.05) is 84.9 Å². The second-order valence-corrected chi connectivity index (χ2v) is 13.5. The summed E-state index contributed by atoms with van der Waals surface area (Å²) in [5, 5.41) is 11.3. The third-order valence-corrected chi connectivity index (χ3v) is 10.6. The van der Waals surface area contributed by atoms with Crippen LogP contribution in [0.4, 0.5) is 17.1 Å². The summed E-state index contributed by atoms with van der Waals surface area (Å²) in [5.74, 6) is 0.586. The van der Waals surface area contributed by atoms with Crippen LogP contribution in [0.25, 0.3) is 98.7 Å². The van der Waals surface area contributed by atoms with Gasteiger partial charge < -0.3 is 18.2 Å². The van der Waals surface area contributed by atoms with E-state index in [9.17, 15) is 0 Å². The minimum Gasteiger partial charge on any atom is -0.456 e. The van der Waals surface area contributed by atoms with Crippen LogP contribution in [-0.4, -0.2) is 4.98 Å². The SMILES string of the molecule is c1ccc2c(c1)ccc1cc(N(c3ccc(-c4nc5c6cccc7oc8cccc(c5o4)c8c76)cc3)c3ccc4oc5ccccc5c4c3)ccc12. The molecular weight excluding hydrogens is 641 g/mol. The Morgan fingerprint density at radius 1 is 0.385 bits per heavy atom. The Balaban J connectivity index is 1.03. The molecule has 0 saturated carbocycles. The summed E-state index contributed by atoms with van der Waals surface area (Å²) in [4.78, 5) is 7.39. The van der Waals surface area contributed by atoms with Crippen LogP contribution in [0.5, 0.6) is 0 Å². The standard InChI is InChI=1S/C47H26N2O3/c1-2-8-33-27(7-1)15-16-29-25-31(21-23-34(29)33)49(32-22-24-40-38(26-32)35-9-3-4-12-39(35)50-40)30-19-17-28(18-20-30)47-48-45-36-10-5-13-41-43(36)44-37(46(45)52-47)11-6-14-42(44)51-41/h1-26H. The Kier molecular flexibility index (Phi) is 5.44. The van der Waals surface area contributed by atoms with Crippen LogP contribution in [0.2, 0.25) is 0 Å². The second kappa shape index (κ2) is 10.2. The number of aromatic nitrogens is 1. The van der Waals surface area contributed by atoms with Gasteiger partial charge in [-0.05, 0) is 94.3 Å². The summed E-state index contributed by atoms with van der Waals surface area (Å²) < 4.78 is 19.0. The lowest BCUT2D eigenvalue weighted by atomic mass is 10.0. The van der Waals surface area contributed by atoms with Crippen molar-refractivity contribution in [2.24, 2.45) is 0 Å². The number of anilines is 3. The third-order valence-electron chi connectivity index (χ3n) is 10.6. The molecule has 0 bridgehead atoms. The van der Waals surface area contributed by atoms with E-state index in [-0.39, 0.29) is 0 Å². The molecule has 3 aromatic heterocycles. The Morgan fingerprint density at radius 2 is 1.00 bits per heavy atom. The van der Waals surface area contributed by atoms with Gasteiger partial charge in [-0.2, -0.15) is 0 Å². The van der Waals surface area contributed by atoms with Gasteiger partial charge in [-0.25, -0.2) is 4.98 Å². The van der Waals surface area contributed by atoms with Crippen LogP contribution < -0.4 is 4.90 Å². The maximum Gasteiger partial charge on any atom is 0.227 e. The first-order valence-corrected chi connectivity index (χ1v) is 17.4. The van der Waals surface area contributed by atoms with Crippen LogP contribution in [-0.2, 0) is 0 Å². The molecule has 0 atom stereocenters. The highest BCUT2D eigenvalue weighted by Gasteiger charge is 2.22. The molecule has 0 aliphatic carbocycles. The van der Waals surface area contributed by atoms with Gasteiger partial charge in [0, 0.05) is 54.9 Å². The van der Waals surface area contributed by atoms with Crippen molar-refractivity contribution in [2.45, 2.75) is 0 Å². The van der Waals surface area contributed by atoms with E-state index in [2.05, 4.69) is 126 Å². The predicted molar refractivity (Wildman–Crippen MR) is 212 cm³/mol. The summed E-state index contributed by atoms with van der Waals surface area (Å²) >= 11 is 0. The van der Waals surface area contributed by atoms with Crippen LogP contribution in [0.1, 0.15) is 0 Å². The number of fused-ring (bicyclic) bond motifs is 9. The molecule has 5 nitrogen and oxygen atoms in total. The number of rotatable bonds is 4. The zero-order chi connectivity index (χ0) is 33.9. The molecule has 0 aliphatic heterocycles. The highest BCUT2D eigenvalue weighted by molar-refractivity contribution is 6.31. The van der Waals surface area contributed by atoms with E-state index in [1.54, 1.807) is 0 Å². The zero-order valence-corrected chi connectivity index (χ0v) is 27.6. The molecule has 0 saturated heterocycles. The first-order valence-electron chi connectivity index (χ1n) is 17.4. The van der Waals surface area contributed by atoms with Crippen molar-refractivity contribution in [2.75, 3.05) is 4.90 Å². The van der Waals surface area contributed by atoms with Crippen molar-refractivity contribution in [1.82, 2.24) is 4.98 Å². The Hall–Kier alpha value is -7.11.